The molecule has 14 heavy (non-hydrogen) atoms. The fourth-order valence-electron chi connectivity index (χ4n) is 1.06. The summed E-state index contributed by atoms with van der Waals surface area (Å²) in [5, 5.41) is 8.54. The maximum absolute atomic E-state index is 12.9. The molecule has 0 aliphatic heterocycles. The molecule has 0 fully saturated rings. The average molecular weight is 218 g/mol. The van der Waals surface area contributed by atoms with E-state index in [-0.39, 0.29) is 11.4 Å². The van der Waals surface area contributed by atoms with E-state index in [0.29, 0.717) is 5.56 Å². The van der Waals surface area contributed by atoms with Crippen LogP contribution in [0.15, 0.2) is 18.2 Å². The zero-order valence-corrected chi connectivity index (χ0v) is 8.25. The Kier molecular flexibility index (Phi) is 3.43. The molecule has 4 nitrogen and oxygen atoms in total. The first-order chi connectivity index (χ1) is 6.49. The summed E-state index contributed by atoms with van der Waals surface area (Å²) >= 11 is -1.12. The Morgan fingerprint density at radius 1 is 1.57 bits per heavy atom. The predicted octanol–water partition coefficient (Wildman–Crippen LogP) is 1.50. The minimum Gasteiger partial charge on any atom is -0.616 e. The summed E-state index contributed by atoms with van der Waals surface area (Å²) in [6.07, 6.45) is 1.47. The molecule has 0 bridgehead atoms. The van der Waals surface area contributed by atoms with Gasteiger partial charge in [0.1, 0.15) is 11.6 Å². The molecule has 0 aliphatic carbocycles. The highest BCUT2D eigenvalue weighted by atomic mass is 32.2. The van der Waals surface area contributed by atoms with E-state index < -0.39 is 21.9 Å². The Bertz CT molecular complexity index is 356. The number of halogens is 1. The number of hydrogen-bond acceptors (Lipinski definition) is 2. The van der Waals surface area contributed by atoms with Gasteiger partial charge in [-0.2, -0.15) is 0 Å². The Balaban J connectivity index is 3.01. The second kappa shape index (κ2) is 4.39. The van der Waals surface area contributed by atoms with Crippen LogP contribution >= 0.6 is 0 Å². The van der Waals surface area contributed by atoms with Crippen LogP contribution in [0.2, 0.25) is 0 Å². The van der Waals surface area contributed by atoms with Crippen molar-refractivity contribution in [2.45, 2.75) is 5.75 Å². The monoisotopic (exact) mass is 218 g/mol. The molecule has 0 spiro atoms. The fraction of sp³-hybridized carbons (Fsp3) is 0.250. The quantitative estimate of drug-likeness (QED) is 0.617. The van der Waals surface area contributed by atoms with Crippen LogP contribution in [0.4, 0.5) is 10.1 Å². The van der Waals surface area contributed by atoms with Gasteiger partial charge in [0.25, 0.3) is 4.92 Å². The van der Waals surface area contributed by atoms with Crippen LogP contribution < -0.4 is 0 Å². The van der Waals surface area contributed by atoms with Gasteiger partial charge in [-0.15, -0.1) is 0 Å². The maximum atomic E-state index is 12.9. The average Bonchev–Trinajstić information content (AvgIpc) is 2.01. The number of hydrogen-bond donors (Lipinski definition) is 1. The smallest absolute Gasteiger partial charge is 0.319 e. The lowest BCUT2D eigenvalue weighted by Gasteiger charge is -2.03. The lowest BCUT2D eigenvalue weighted by molar-refractivity contribution is -0.729. The number of benzene rings is 1. The largest absolute Gasteiger partial charge is 0.616 e. The SMILES string of the molecule is C[S+]([O-])Cc1cc(F)cc([N+](=O)O)c1. The van der Waals surface area contributed by atoms with E-state index in [9.17, 15) is 13.9 Å². The summed E-state index contributed by atoms with van der Waals surface area (Å²) in [6.45, 7) is 0. The summed E-state index contributed by atoms with van der Waals surface area (Å²) in [6, 6.07) is 3.36. The fourth-order valence-corrected chi connectivity index (χ4v) is 1.70. The third kappa shape index (κ3) is 2.97. The van der Waals surface area contributed by atoms with Crippen molar-refractivity contribution in [2.24, 2.45) is 0 Å². The molecule has 6 heteroatoms. The van der Waals surface area contributed by atoms with Crippen LogP contribution in [0.1, 0.15) is 5.56 Å². The van der Waals surface area contributed by atoms with E-state index in [4.69, 9.17) is 5.21 Å². The first-order valence-corrected chi connectivity index (χ1v) is 5.47. The minimum absolute atomic E-state index is 0.151. The summed E-state index contributed by atoms with van der Waals surface area (Å²) in [4.78, 5) is 10.0. The Morgan fingerprint density at radius 3 is 2.71 bits per heavy atom. The molecule has 0 saturated heterocycles. The third-order valence-electron chi connectivity index (χ3n) is 1.53. The van der Waals surface area contributed by atoms with Gasteiger partial charge in [-0.3, -0.25) is 0 Å². The molecule has 1 aromatic rings. The first-order valence-electron chi connectivity index (χ1n) is 3.74. The zero-order valence-electron chi connectivity index (χ0n) is 7.44. The van der Waals surface area contributed by atoms with Crippen molar-refractivity contribution in [3.8, 4) is 0 Å². The van der Waals surface area contributed by atoms with Crippen LogP contribution in [0.5, 0.6) is 0 Å². The number of rotatable bonds is 3. The number of nitrogens with zero attached hydrogens (tertiary/aromatic N) is 1. The Morgan fingerprint density at radius 2 is 2.21 bits per heavy atom. The highest BCUT2D eigenvalue weighted by Crippen LogP contribution is 2.17. The molecule has 0 aliphatic rings. The van der Waals surface area contributed by atoms with Crippen LogP contribution in [-0.4, -0.2) is 20.9 Å². The van der Waals surface area contributed by atoms with Gasteiger partial charge < -0.3 is 4.55 Å². The van der Waals surface area contributed by atoms with Gasteiger partial charge >= 0.3 is 5.69 Å². The van der Waals surface area contributed by atoms with E-state index >= 15 is 0 Å². The molecular formula is C8H9FNO3S+. The van der Waals surface area contributed by atoms with Gasteiger partial charge in [-0.05, 0) is 6.07 Å². The molecule has 0 heterocycles. The molecule has 76 valence electrons. The molecule has 1 aromatic carbocycles. The van der Waals surface area contributed by atoms with E-state index in [1.54, 1.807) is 0 Å². The molecule has 0 saturated carbocycles. The van der Waals surface area contributed by atoms with Gasteiger partial charge in [0.05, 0.1) is 17.2 Å². The maximum Gasteiger partial charge on any atom is 0.319 e. The van der Waals surface area contributed by atoms with Crippen molar-refractivity contribution < 1.29 is 19.1 Å². The van der Waals surface area contributed by atoms with Crippen LogP contribution in [0, 0.1) is 10.7 Å². The predicted molar refractivity (Wildman–Crippen MR) is 49.2 cm³/mol. The summed E-state index contributed by atoms with van der Waals surface area (Å²) < 4.78 is 23.7. The zero-order chi connectivity index (χ0) is 10.7. The van der Waals surface area contributed by atoms with Gasteiger partial charge in [0.15, 0.2) is 0 Å². The summed E-state index contributed by atoms with van der Waals surface area (Å²) in [5.41, 5.74) is 0.209. The van der Waals surface area contributed by atoms with E-state index in [0.717, 1.165) is 6.07 Å². The molecule has 0 amide bonds. The topological polar surface area (TPSA) is 63.4 Å². The molecule has 1 rings (SSSR count). The van der Waals surface area contributed by atoms with Crippen molar-refractivity contribution in [3.63, 3.8) is 0 Å². The lowest BCUT2D eigenvalue weighted by atomic mass is 10.2. The van der Waals surface area contributed by atoms with Crippen molar-refractivity contribution in [1.82, 2.24) is 0 Å². The van der Waals surface area contributed by atoms with Crippen molar-refractivity contribution in [1.29, 1.82) is 0 Å². The molecule has 0 aromatic heterocycles. The molecule has 1 unspecified atom stereocenters. The standard InChI is InChI=1S/C8H9FNO3S/c1-14(13)5-6-2-7(9)4-8(3-6)10(11)12/h2-4H,5H2,1H3,(H,11,12)/q+1. The third-order valence-corrected chi connectivity index (χ3v) is 2.27. The second-order valence-electron chi connectivity index (χ2n) is 2.81. The van der Waals surface area contributed by atoms with E-state index in [1.807, 2.05) is 0 Å². The van der Waals surface area contributed by atoms with Crippen molar-refractivity contribution in [3.05, 3.63) is 34.5 Å². The van der Waals surface area contributed by atoms with Gasteiger partial charge in [0.2, 0.25) is 0 Å². The van der Waals surface area contributed by atoms with Crippen LogP contribution in [-0.2, 0) is 16.9 Å². The van der Waals surface area contributed by atoms with Gasteiger partial charge in [-0.1, -0.05) is 11.2 Å². The van der Waals surface area contributed by atoms with Gasteiger partial charge in [-0.25, -0.2) is 9.60 Å². The van der Waals surface area contributed by atoms with E-state index in [2.05, 4.69) is 0 Å². The van der Waals surface area contributed by atoms with Gasteiger partial charge in [0, 0.05) is 11.6 Å². The first kappa shape index (κ1) is 10.9. The Hall–Kier alpha value is -1.14. The molecule has 1 atom stereocenters. The summed E-state index contributed by atoms with van der Waals surface area (Å²) in [7, 11) is 0. The molecule has 0 radical (unpaired) electrons. The van der Waals surface area contributed by atoms with Crippen LogP contribution in [0.25, 0.3) is 0 Å². The Labute approximate surface area is 83.1 Å². The highest BCUT2D eigenvalue weighted by Gasteiger charge is 2.15. The van der Waals surface area contributed by atoms with Crippen molar-refractivity contribution >= 4 is 16.9 Å². The summed E-state index contributed by atoms with van der Waals surface area (Å²) in [5.74, 6) is -0.489. The normalized spacial score (nSPS) is 12.5. The lowest BCUT2D eigenvalue weighted by Crippen LogP contribution is -2.02. The van der Waals surface area contributed by atoms with Crippen LogP contribution in [0.3, 0.4) is 0 Å². The minimum atomic E-state index is -1.12. The molecular weight excluding hydrogens is 209 g/mol. The second-order valence-corrected chi connectivity index (χ2v) is 4.24. The molecule has 1 N–H and O–H groups in total. The highest BCUT2D eigenvalue weighted by molar-refractivity contribution is 7.89. The van der Waals surface area contributed by atoms with E-state index in [1.165, 1.54) is 18.4 Å². The van der Waals surface area contributed by atoms with Crippen molar-refractivity contribution in [2.75, 3.05) is 6.26 Å².